The molecule has 1 aliphatic carbocycles. The number of halogens is 1. The van der Waals surface area contributed by atoms with Gasteiger partial charge in [0.2, 0.25) is 0 Å². The van der Waals surface area contributed by atoms with Crippen molar-refractivity contribution in [2.45, 2.75) is 31.8 Å². The fourth-order valence-corrected chi connectivity index (χ4v) is 3.96. The van der Waals surface area contributed by atoms with E-state index in [4.69, 9.17) is 16.0 Å². The summed E-state index contributed by atoms with van der Waals surface area (Å²) in [5.74, 6) is 0.402. The van der Waals surface area contributed by atoms with Crippen molar-refractivity contribution in [3.63, 3.8) is 0 Å². The van der Waals surface area contributed by atoms with Gasteiger partial charge in [-0.15, -0.1) is 11.3 Å². The molecule has 0 saturated heterocycles. The van der Waals surface area contributed by atoms with E-state index in [9.17, 15) is 9.59 Å². The van der Waals surface area contributed by atoms with E-state index in [1.807, 2.05) is 35.4 Å². The normalized spacial score (nSPS) is 14.5. The molecule has 1 saturated carbocycles. The lowest BCUT2D eigenvalue weighted by Crippen LogP contribution is -2.35. The summed E-state index contributed by atoms with van der Waals surface area (Å²) in [7, 11) is 0. The second-order valence-corrected chi connectivity index (χ2v) is 8.12. The predicted octanol–water partition coefficient (Wildman–Crippen LogP) is 5.61. The largest absolute Gasteiger partial charge is 0.467 e. The third-order valence-corrected chi connectivity index (χ3v) is 5.95. The van der Waals surface area contributed by atoms with Crippen LogP contribution in [0.1, 0.15) is 51.6 Å². The van der Waals surface area contributed by atoms with E-state index in [0.717, 1.165) is 18.6 Å². The van der Waals surface area contributed by atoms with Crippen LogP contribution < -0.4 is 5.32 Å². The summed E-state index contributed by atoms with van der Waals surface area (Å²) < 4.78 is 5.51. The zero-order valence-corrected chi connectivity index (χ0v) is 16.8. The molecule has 5 nitrogen and oxygen atoms in total. The molecule has 4 rings (SSSR count). The van der Waals surface area contributed by atoms with E-state index >= 15 is 0 Å². The van der Waals surface area contributed by atoms with Crippen LogP contribution in [0.25, 0.3) is 0 Å². The van der Waals surface area contributed by atoms with Crippen LogP contribution in [-0.4, -0.2) is 22.8 Å². The molecule has 2 heterocycles. The van der Waals surface area contributed by atoms with E-state index in [1.165, 1.54) is 11.3 Å². The Morgan fingerprint density at radius 3 is 2.71 bits per heavy atom. The Labute approximate surface area is 171 Å². The minimum absolute atomic E-state index is 0.102. The first-order chi connectivity index (χ1) is 13.5. The average molecular weight is 415 g/mol. The van der Waals surface area contributed by atoms with Gasteiger partial charge in [0.15, 0.2) is 0 Å². The minimum atomic E-state index is -0.246. The molecule has 1 atom stereocenters. The Bertz CT molecular complexity index is 981. The highest BCUT2D eigenvalue weighted by atomic mass is 35.5. The highest BCUT2D eigenvalue weighted by molar-refractivity contribution is 7.12. The van der Waals surface area contributed by atoms with Crippen molar-refractivity contribution in [3.05, 3.63) is 75.3 Å². The Hall–Kier alpha value is -2.57. The van der Waals surface area contributed by atoms with Gasteiger partial charge in [0.05, 0.1) is 27.9 Å². The molecule has 28 heavy (non-hydrogen) atoms. The summed E-state index contributed by atoms with van der Waals surface area (Å²) in [5.41, 5.74) is 0.906. The van der Waals surface area contributed by atoms with Crippen LogP contribution in [0.5, 0.6) is 0 Å². The standard InChI is InChI=1S/C21H19ClN2O3S/c1-13(18-4-2-10-27-18)24(15-7-8-15)21(26)14-6-9-16(22)17(12-14)23-20(25)19-5-3-11-28-19/h2-6,9-13,15H,7-8H2,1H3,(H,23,25). The smallest absolute Gasteiger partial charge is 0.265 e. The summed E-state index contributed by atoms with van der Waals surface area (Å²) >= 11 is 7.60. The molecule has 3 aromatic rings. The molecular formula is C21H19ClN2O3S. The molecule has 1 N–H and O–H groups in total. The number of amides is 2. The molecule has 2 aromatic heterocycles. The second-order valence-electron chi connectivity index (χ2n) is 6.76. The Balaban J connectivity index is 1.59. The number of rotatable bonds is 6. The van der Waals surface area contributed by atoms with Gasteiger partial charge in [0.1, 0.15) is 5.76 Å². The third kappa shape index (κ3) is 3.84. The number of carbonyl (C=O) groups excluding carboxylic acids is 2. The maximum atomic E-state index is 13.3. The van der Waals surface area contributed by atoms with Crippen LogP contribution in [0.3, 0.4) is 0 Å². The molecule has 0 bridgehead atoms. The van der Waals surface area contributed by atoms with Crippen molar-refractivity contribution in [3.8, 4) is 0 Å². The molecule has 0 radical (unpaired) electrons. The maximum absolute atomic E-state index is 13.3. The van der Waals surface area contributed by atoms with E-state index in [2.05, 4.69) is 5.32 Å². The zero-order valence-electron chi connectivity index (χ0n) is 15.2. The molecule has 144 valence electrons. The zero-order chi connectivity index (χ0) is 19.7. The number of nitrogens with one attached hydrogen (secondary N) is 1. The Kier molecular flexibility index (Phi) is 5.24. The van der Waals surface area contributed by atoms with E-state index in [-0.39, 0.29) is 23.9 Å². The van der Waals surface area contributed by atoms with Crippen molar-refractivity contribution in [1.29, 1.82) is 0 Å². The number of furan rings is 1. The lowest BCUT2D eigenvalue weighted by Gasteiger charge is -2.28. The van der Waals surface area contributed by atoms with Crippen LogP contribution in [0, 0.1) is 0 Å². The predicted molar refractivity (Wildman–Crippen MR) is 110 cm³/mol. The number of benzene rings is 1. The first-order valence-electron chi connectivity index (χ1n) is 9.05. The fraction of sp³-hybridized carbons (Fsp3) is 0.238. The number of anilines is 1. The monoisotopic (exact) mass is 414 g/mol. The second kappa shape index (κ2) is 7.81. The molecule has 1 aromatic carbocycles. The molecule has 7 heteroatoms. The van der Waals surface area contributed by atoms with Gasteiger partial charge < -0.3 is 14.6 Å². The topological polar surface area (TPSA) is 62.6 Å². The maximum Gasteiger partial charge on any atom is 0.265 e. The van der Waals surface area contributed by atoms with Crippen molar-refractivity contribution in [2.24, 2.45) is 0 Å². The van der Waals surface area contributed by atoms with Crippen molar-refractivity contribution < 1.29 is 14.0 Å². The first-order valence-corrected chi connectivity index (χ1v) is 10.3. The van der Waals surface area contributed by atoms with Gasteiger partial charge in [-0.05, 0) is 61.5 Å². The van der Waals surface area contributed by atoms with Crippen molar-refractivity contribution in [1.82, 2.24) is 4.90 Å². The van der Waals surface area contributed by atoms with Gasteiger partial charge >= 0.3 is 0 Å². The Morgan fingerprint density at radius 2 is 2.07 bits per heavy atom. The Morgan fingerprint density at radius 1 is 1.25 bits per heavy atom. The molecule has 2 amide bonds. The van der Waals surface area contributed by atoms with Gasteiger partial charge in [-0.1, -0.05) is 17.7 Å². The minimum Gasteiger partial charge on any atom is -0.467 e. The molecule has 0 spiro atoms. The van der Waals surface area contributed by atoms with Gasteiger partial charge in [0, 0.05) is 11.6 Å². The third-order valence-electron chi connectivity index (χ3n) is 4.75. The van der Waals surface area contributed by atoms with E-state index in [0.29, 0.717) is 21.2 Å². The molecule has 0 aliphatic heterocycles. The summed E-state index contributed by atoms with van der Waals surface area (Å²) in [6, 6.07) is 12.2. The van der Waals surface area contributed by atoms with Crippen LogP contribution in [0.4, 0.5) is 5.69 Å². The molecular weight excluding hydrogens is 396 g/mol. The van der Waals surface area contributed by atoms with Crippen LogP contribution in [0.15, 0.2) is 58.5 Å². The van der Waals surface area contributed by atoms with Crippen LogP contribution in [-0.2, 0) is 0 Å². The first kappa shape index (κ1) is 18.8. The highest BCUT2D eigenvalue weighted by Crippen LogP contribution is 2.36. The van der Waals surface area contributed by atoms with Gasteiger partial charge in [0.25, 0.3) is 11.8 Å². The van der Waals surface area contributed by atoms with E-state index < -0.39 is 0 Å². The highest BCUT2D eigenvalue weighted by Gasteiger charge is 2.37. The molecule has 1 unspecified atom stereocenters. The van der Waals surface area contributed by atoms with Gasteiger partial charge in [-0.25, -0.2) is 0 Å². The summed E-state index contributed by atoms with van der Waals surface area (Å²) in [5, 5.41) is 5.02. The van der Waals surface area contributed by atoms with Gasteiger partial charge in [-0.2, -0.15) is 0 Å². The quantitative estimate of drug-likeness (QED) is 0.570. The fourth-order valence-electron chi connectivity index (χ4n) is 3.17. The lowest BCUT2D eigenvalue weighted by molar-refractivity contribution is 0.0652. The summed E-state index contributed by atoms with van der Waals surface area (Å²) in [4.78, 5) is 28.1. The number of nitrogens with zero attached hydrogens (tertiary/aromatic N) is 1. The van der Waals surface area contributed by atoms with Crippen LogP contribution >= 0.6 is 22.9 Å². The van der Waals surface area contributed by atoms with Crippen LogP contribution in [0.2, 0.25) is 5.02 Å². The summed E-state index contributed by atoms with van der Waals surface area (Å²) in [6.07, 6.45) is 3.57. The summed E-state index contributed by atoms with van der Waals surface area (Å²) in [6.45, 7) is 1.96. The SMILES string of the molecule is CC(c1ccco1)N(C(=O)c1ccc(Cl)c(NC(=O)c2cccs2)c1)C1CC1. The molecule has 1 aliphatic rings. The number of hydrogen-bond acceptors (Lipinski definition) is 4. The molecule has 1 fully saturated rings. The van der Waals surface area contributed by atoms with Gasteiger partial charge in [-0.3, -0.25) is 9.59 Å². The van der Waals surface area contributed by atoms with Crippen molar-refractivity contribution >= 4 is 40.4 Å². The average Bonchev–Trinajstić information content (AvgIpc) is 3.16. The number of thiophene rings is 1. The van der Waals surface area contributed by atoms with E-state index in [1.54, 1.807) is 30.5 Å². The lowest BCUT2D eigenvalue weighted by atomic mass is 10.1. The van der Waals surface area contributed by atoms with Crippen molar-refractivity contribution in [2.75, 3.05) is 5.32 Å². The number of carbonyl (C=O) groups is 2. The number of hydrogen-bond donors (Lipinski definition) is 1.